The summed E-state index contributed by atoms with van der Waals surface area (Å²) in [5.74, 6) is -8.86. The van der Waals surface area contributed by atoms with Crippen molar-refractivity contribution in [3.63, 3.8) is 0 Å². The van der Waals surface area contributed by atoms with Gasteiger partial charge in [0.15, 0.2) is 23.0 Å². The average Bonchev–Trinajstić information content (AvgIpc) is 3.16. The number of pyridine rings is 2. The van der Waals surface area contributed by atoms with E-state index < -0.39 is 101 Å². The van der Waals surface area contributed by atoms with Gasteiger partial charge in [0.2, 0.25) is 0 Å². The zero-order chi connectivity index (χ0) is 45.8. The van der Waals surface area contributed by atoms with Crippen LogP contribution in [0.5, 0.6) is 23.0 Å². The maximum Gasteiger partial charge on any atom is 0.339 e. The number of aromatic hydroxyl groups is 4. The molecule has 23 nitrogen and oxygen atoms in total. The van der Waals surface area contributed by atoms with Gasteiger partial charge in [0.25, 0.3) is 49.1 Å². The fraction of sp³-hybridized carbons (Fsp3) is 0.444. The minimum atomic E-state index is -4.20. The van der Waals surface area contributed by atoms with E-state index in [1.165, 1.54) is 26.0 Å². The van der Waals surface area contributed by atoms with Crippen molar-refractivity contribution >= 4 is 43.9 Å². The summed E-state index contributed by atoms with van der Waals surface area (Å²) < 4.78 is 64.1. The Labute approximate surface area is 348 Å². The third-order valence-electron chi connectivity index (χ3n) is 9.29. The molecule has 10 N–H and O–H groups in total. The van der Waals surface area contributed by atoms with Crippen molar-refractivity contribution in [1.29, 1.82) is 0 Å². The summed E-state index contributed by atoms with van der Waals surface area (Å²) in [5.41, 5.74) is -3.03. The molecule has 2 aromatic heterocycles. The highest BCUT2D eigenvalue weighted by Crippen LogP contribution is 2.32. The number of aromatic carboxylic acids is 1. The number of hydrogen-bond acceptors (Lipinski definition) is 15. The number of nitrogens with zero attached hydrogens (tertiary/aromatic N) is 3. The van der Waals surface area contributed by atoms with Gasteiger partial charge in [-0.25, -0.2) is 4.79 Å². The van der Waals surface area contributed by atoms with E-state index in [2.05, 4.69) is 16.0 Å². The van der Waals surface area contributed by atoms with Gasteiger partial charge in [0, 0.05) is 63.7 Å². The molecule has 0 atom stereocenters. The summed E-state index contributed by atoms with van der Waals surface area (Å²) in [6.45, 7) is 2.69. The minimum Gasteiger partial charge on any atom is -0.504 e. The highest BCUT2D eigenvalue weighted by molar-refractivity contribution is 7.86. The Hall–Kier alpha value is -6.02. The first-order chi connectivity index (χ1) is 28.4. The average molecular weight is 901 g/mol. The van der Waals surface area contributed by atoms with E-state index in [4.69, 9.17) is 14.2 Å². The summed E-state index contributed by atoms with van der Waals surface area (Å²) in [5, 5.41) is 58.1. The fourth-order valence-electron chi connectivity index (χ4n) is 6.07. The Morgan fingerprint density at radius 3 is 1.28 bits per heavy atom. The molecular weight excluding hydrogens is 853 g/mol. The largest absolute Gasteiger partial charge is 0.504 e. The van der Waals surface area contributed by atoms with E-state index in [9.17, 15) is 66.0 Å². The Kier molecular flexibility index (Phi) is 17.4. The van der Waals surface area contributed by atoms with E-state index in [-0.39, 0.29) is 101 Å². The Balaban J connectivity index is 1.71. The second kappa shape index (κ2) is 21.5. The van der Waals surface area contributed by atoms with Crippen LogP contribution in [0.3, 0.4) is 0 Å². The number of rotatable bonds is 23. The third kappa shape index (κ3) is 14.3. The number of carbonyl (C=O) groups is 4. The van der Waals surface area contributed by atoms with Gasteiger partial charge in [-0.05, 0) is 63.8 Å². The van der Waals surface area contributed by atoms with Gasteiger partial charge < -0.3 is 50.6 Å². The van der Waals surface area contributed by atoms with Gasteiger partial charge in [-0.3, -0.25) is 38.0 Å². The number of carbonyl (C=O) groups excluding carboxylic acids is 3. The van der Waals surface area contributed by atoms with Crippen LogP contribution in [-0.4, -0.2) is 140 Å². The number of benzene rings is 1. The quantitative estimate of drug-likeness (QED) is 0.0322. The SMILES string of the molecule is Cc1cc(C(=O)NCCN(CCNC(=O)c2ccc(C(=O)O)c(O)c2O)CCNC(=O)c2cc(C)n(CCCCS(=O)(=O)O)c(=O)c2O)c(O)c(=O)n1CCCCS(=O)(=O)O. The van der Waals surface area contributed by atoms with Gasteiger partial charge in [0.05, 0.1) is 28.2 Å². The maximum absolute atomic E-state index is 13.1. The number of aromatic nitrogens is 2. The van der Waals surface area contributed by atoms with Crippen LogP contribution < -0.4 is 27.1 Å². The summed E-state index contributed by atoms with van der Waals surface area (Å²) in [4.78, 5) is 77.6. The van der Waals surface area contributed by atoms with Crippen LogP contribution in [0.15, 0.2) is 33.9 Å². The standard InChI is InChI=1S/C36H48N6O17S2/c1-21-19-25(29(45)34(50)41(21)12-3-5-17-60(54,55)56)32(48)38-10-15-40(14-9-37-31(47)23-7-8-24(36(52)53)28(44)27(23)43)16-11-39-33(49)26-20-22(2)42(35(51)30(26)46)13-4-6-18-61(57,58)59/h7-8,19-20,43-46H,3-6,9-18H2,1-2H3,(H,37,47)(H,38,48)(H,39,49)(H,52,53)(H,54,55,56)(H,57,58,59). The second-order valence-electron chi connectivity index (χ2n) is 13.8. The molecule has 3 amide bonds. The lowest BCUT2D eigenvalue weighted by molar-refractivity contribution is 0.0691. The van der Waals surface area contributed by atoms with Crippen molar-refractivity contribution < 1.29 is 70.7 Å². The van der Waals surface area contributed by atoms with Crippen LogP contribution in [0.4, 0.5) is 0 Å². The van der Waals surface area contributed by atoms with Gasteiger partial charge in [-0.1, -0.05) is 0 Å². The topological polar surface area (TPSA) is 362 Å². The Morgan fingerprint density at radius 1 is 0.574 bits per heavy atom. The first-order valence-corrected chi connectivity index (χ1v) is 21.8. The molecule has 336 valence electrons. The molecule has 2 heterocycles. The van der Waals surface area contributed by atoms with E-state index in [1.807, 2.05) is 0 Å². The first-order valence-electron chi connectivity index (χ1n) is 18.6. The predicted molar refractivity (Wildman–Crippen MR) is 216 cm³/mol. The number of phenolic OH excluding ortho intramolecular Hbond substituents is 1. The molecule has 1 aromatic carbocycles. The lowest BCUT2D eigenvalue weighted by Crippen LogP contribution is -2.43. The third-order valence-corrected chi connectivity index (χ3v) is 10.9. The van der Waals surface area contributed by atoms with Gasteiger partial charge in [-0.15, -0.1) is 0 Å². The van der Waals surface area contributed by atoms with Crippen LogP contribution in [0.2, 0.25) is 0 Å². The number of carboxylic acid groups (broad SMARTS) is 1. The Bertz CT molecular complexity index is 2360. The first kappa shape index (κ1) is 49.3. The van der Waals surface area contributed by atoms with Crippen LogP contribution in [0.25, 0.3) is 0 Å². The summed E-state index contributed by atoms with van der Waals surface area (Å²) >= 11 is 0. The Morgan fingerprint density at radius 2 is 0.918 bits per heavy atom. The number of unbranched alkanes of at least 4 members (excludes halogenated alkanes) is 2. The molecule has 3 rings (SSSR count). The molecule has 3 aromatic rings. The summed E-state index contributed by atoms with van der Waals surface area (Å²) in [6, 6.07) is 4.43. The number of carboxylic acids is 1. The van der Waals surface area contributed by atoms with E-state index >= 15 is 0 Å². The normalized spacial score (nSPS) is 11.7. The van der Waals surface area contributed by atoms with E-state index in [1.54, 1.807) is 4.90 Å². The number of aryl methyl sites for hydroxylation is 2. The van der Waals surface area contributed by atoms with Gasteiger partial charge in [0.1, 0.15) is 5.56 Å². The molecule has 0 radical (unpaired) electrons. The summed E-state index contributed by atoms with van der Waals surface area (Å²) in [6.07, 6.45) is 0.396. The van der Waals surface area contributed by atoms with Crippen molar-refractivity contribution in [3.05, 3.63) is 78.6 Å². The lowest BCUT2D eigenvalue weighted by Gasteiger charge is -2.23. The minimum absolute atomic E-state index is 0.00432. The smallest absolute Gasteiger partial charge is 0.339 e. The highest BCUT2D eigenvalue weighted by atomic mass is 32.2. The monoisotopic (exact) mass is 900 g/mol. The molecule has 0 aliphatic rings. The molecule has 61 heavy (non-hydrogen) atoms. The molecule has 0 spiro atoms. The lowest BCUT2D eigenvalue weighted by atomic mass is 10.1. The molecule has 0 aliphatic carbocycles. The van der Waals surface area contributed by atoms with E-state index in [0.29, 0.717) is 0 Å². The number of nitrogens with one attached hydrogen (secondary N) is 3. The maximum atomic E-state index is 13.1. The molecule has 0 saturated heterocycles. The number of phenols is 2. The van der Waals surface area contributed by atoms with Gasteiger partial charge >= 0.3 is 5.97 Å². The van der Waals surface area contributed by atoms with Crippen LogP contribution in [-0.2, 0) is 33.3 Å². The fourth-order valence-corrected chi connectivity index (χ4v) is 7.20. The zero-order valence-electron chi connectivity index (χ0n) is 33.1. The molecule has 0 saturated carbocycles. The molecule has 25 heteroatoms. The van der Waals surface area contributed by atoms with Crippen molar-refractivity contribution in [2.24, 2.45) is 0 Å². The van der Waals surface area contributed by atoms with Gasteiger partial charge in [-0.2, -0.15) is 16.8 Å². The van der Waals surface area contributed by atoms with E-state index in [0.717, 1.165) is 21.3 Å². The zero-order valence-corrected chi connectivity index (χ0v) is 34.7. The highest BCUT2D eigenvalue weighted by Gasteiger charge is 2.23. The molecule has 0 aliphatic heterocycles. The van der Waals surface area contributed by atoms with Crippen LogP contribution >= 0.6 is 0 Å². The molecule has 0 unspecified atom stereocenters. The molecule has 0 bridgehead atoms. The molecule has 0 fully saturated rings. The summed E-state index contributed by atoms with van der Waals surface area (Å²) in [7, 11) is -8.40. The molecular formula is C36H48N6O17S2. The van der Waals surface area contributed by atoms with Crippen molar-refractivity contribution in [2.45, 2.75) is 52.6 Å². The van der Waals surface area contributed by atoms with Crippen molar-refractivity contribution in [1.82, 2.24) is 30.0 Å². The van der Waals surface area contributed by atoms with Crippen LogP contribution in [0, 0.1) is 13.8 Å². The second-order valence-corrected chi connectivity index (χ2v) is 16.9. The van der Waals surface area contributed by atoms with Crippen molar-refractivity contribution in [2.75, 3.05) is 50.8 Å². The number of hydrogen-bond donors (Lipinski definition) is 10. The predicted octanol–water partition coefficient (Wildman–Crippen LogP) is -0.625. The van der Waals surface area contributed by atoms with Crippen molar-refractivity contribution in [3.8, 4) is 23.0 Å². The van der Waals surface area contributed by atoms with Crippen LogP contribution in [0.1, 0.15) is 78.5 Å². The number of amides is 3.